The predicted octanol–water partition coefficient (Wildman–Crippen LogP) is 2.98. The highest BCUT2D eigenvalue weighted by atomic mass is 35.5. The second-order valence-corrected chi connectivity index (χ2v) is 4.72. The molecule has 0 atom stereocenters. The van der Waals surface area contributed by atoms with Crippen molar-refractivity contribution in [3.63, 3.8) is 0 Å². The molecular weight excluding hydrogens is 276 g/mol. The van der Waals surface area contributed by atoms with Crippen LogP contribution in [0, 0.1) is 6.92 Å². The van der Waals surface area contributed by atoms with Gasteiger partial charge in [0, 0.05) is 23.3 Å². The van der Waals surface area contributed by atoms with Crippen LogP contribution in [0.3, 0.4) is 0 Å². The Kier molecular flexibility index (Phi) is 4.58. The number of nitrogens with zero attached hydrogens (tertiary/aromatic N) is 1. The van der Waals surface area contributed by atoms with E-state index < -0.39 is 0 Å². The van der Waals surface area contributed by atoms with Crippen molar-refractivity contribution in [2.75, 3.05) is 7.11 Å². The van der Waals surface area contributed by atoms with Crippen LogP contribution in [0.4, 0.5) is 0 Å². The van der Waals surface area contributed by atoms with Crippen LogP contribution in [-0.4, -0.2) is 18.0 Å². The molecule has 0 saturated carbocycles. The van der Waals surface area contributed by atoms with Crippen molar-refractivity contribution >= 4 is 17.5 Å². The van der Waals surface area contributed by atoms with Gasteiger partial charge in [0.25, 0.3) is 5.91 Å². The van der Waals surface area contributed by atoms with Gasteiger partial charge in [-0.1, -0.05) is 17.7 Å². The van der Waals surface area contributed by atoms with Crippen molar-refractivity contribution in [3.8, 4) is 5.75 Å². The minimum absolute atomic E-state index is 0.232. The van der Waals surface area contributed by atoms with Gasteiger partial charge >= 0.3 is 0 Å². The van der Waals surface area contributed by atoms with Crippen molar-refractivity contribution < 1.29 is 9.53 Å². The van der Waals surface area contributed by atoms with Crippen molar-refractivity contribution in [2.45, 2.75) is 13.5 Å². The molecule has 5 heteroatoms. The maximum Gasteiger partial charge on any atom is 0.270 e. The third-order valence-electron chi connectivity index (χ3n) is 2.90. The van der Waals surface area contributed by atoms with E-state index in [-0.39, 0.29) is 5.91 Å². The monoisotopic (exact) mass is 290 g/mol. The zero-order chi connectivity index (χ0) is 14.5. The Bertz CT molecular complexity index is 615. The predicted molar refractivity (Wildman–Crippen MR) is 78.1 cm³/mol. The van der Waals surface area contributed by atoms with Crippen LogP contribution in [0.25, 0.3) is 0 Å². The number of aryl methyl sites for hydroxylation is 1. The minimum atomic E-state index is -0.232. The molecule has 0 radical (unpaired) electrons. The summed E-state index contributed by atoms with van der Waals surface area (Å²) in [4.78, 5) is 15.9. The van der Waals surface area contributed by atoms with E-state index in [1.54, 1.807) is 37.6 Å². The quantitative estimate of drug-likeness (QED) is 0.942. The molecule has 0 aliphatic heterocycles. The third kappa shape index (κ3) is 3.27. The van der Waals surface area contributed by atoms with Gasteiger partial charge in [0.2, 0.25) is 0 Å². The number of amides is 1. The number of aromatic nitrogens is 1. The molecule has 0 spiro atoms. The summed E-state index contributed by atoms with van der Waals surface area (Å²) in [6.07, 6.45) is 1.58. The molecule has 104 valence electrons. The molecule has 4 nitrogen and oxygen atoms in total. The molecule has 2 rings (SSSR count). The number of hydrogen-bond donors (Lipinski definition) is 1. The van der Waals surface area contributed by atoms with E-state index in [0.29, 0.717) is 23.0 Å². The second-order valence-electron chi connectivity index (χ2n) is 4.31. The Morgan fingerprint density at radius 1 is 1.40 bits per heavy atom. The van der Waals surface area contributed by atoms with E-state index >= 15 is 0 Å². The van der Waals surface area contributed by atoms with Crippen LogP contribution in [-0.2, 0) is 6.54 Å². The highest BCUT2D eigenvalue weighted by molar-refractivity contribution is 6.31. The maximum absolute atomic E-state index is 11.9. The summed E-state index contributed by atoms with van der Waals surface area (Å²) < 4.78 is 5.29. The molecular formula is C15H15ClN2O2. The maximum atomic E-state index is 11.9. The summed E-state index contributed by atoms with van der Waals surface area (Å²) in [5.41, 5.74) is 2.14. The Balaban J connectivity index is 2.11. The zero-order valence-electron chi connectivity index (χ0n) is 11.3. The lowest BCUT2D eigenvalue weighted by atomic mass is 10.1. The highest BCUT2D eigenvalue weighted by Gasteiger charge is 2.10. The lowest BCUT2D eigenvalue weighted by molar-refractivity contribution is 0.0945. The van der Waals surface area contributed by atoms with Crippen LogP contribution >= 0.6 is 11.6 Å². The Labute approximate surface area is 122 Å². The van der Waals surface area contributed by atoms with Crippen molar-refractivity contribution in [1.29, 1.82) is 0 Å². The van der Waals surface area contributed by atoms with Crippen molar-refractivity contribution in [2.24, 2.45) is 0 Å². The van der Waals surface area contributed by atoms with Gasteiger partial charge < -0.3 is 10.1 Å². The van der Waals surface area contributed by atoms with Crippen LogP contribution < -0.4 is 10.1 Å². The zero-order valence-corrected chi connectivity index (χ0v) is 12.1. The number of ether oxygens (including phenoxy) is 1. The molecule has 20 heavy (non-hydrogen) atoms. The number of rotatable bonds is 4. The third-order valence-corrected chi connectivity index (χ3v) is 3.31. The van der Waals surface area contributed by atoms with Crippen LogP contribution in [0.5, 0.6) is 5.75 Å². The number of hydrogen-bond acceptors (Lipinski definition) is 3. The van der Waals surface area contributed by atoms with Gasteiger partial charge in [-0.25, -0.2) is 0 Å². The fourth-order valence-electron chi connectivity index (χ4n) is 1.79. The summed E-state index contributed by atoms with van der Waals surface area (Å²) in [5.74, 6) is 0.470. The smallest absolute Gasteiger partial charge is 0.270 e. The summed E-state index contributed by atoms with van der Waals surface area (Å²) >= 11 is 6.09. The molecule has 0 aliphatic carbocycles. The number of halogens is 1. The number of carbonyl (C=O) groups excluding carboxylic acids is 1. The second kappa shape index (κ2) is 6.39. The summed E-state index contributed by atoms with van der Waals surface area (Å²) in [6.45, 7) is 2.24. The number of pyridine rings is 1. The first-order valence-electron chi connectivity index (χ1n) is 6.14. The minimum Gasteiger partial charge on any atom is -0.496 e. The van der Waals surface area contributed by atoms with Crippen molar-refractivity contribution in [3.05, 3.63) is 58.4 Å². The topological polar surface area (TPSA) is 51.2 Å². The summed E-state index contributed by atoms with van der Waals surface area (Å²) in [7, 11) is 1.59. The normalized spacial score (nSPS) is 10.2. The molecule has 1 aromatic carbocycles. The lowest BCUT2D eigenvalue weighted by Crippen LogP contribution is -2.24. The average Bonchev–Trinajstić information content (AvgIpc) is 2.48. The molecule has 0 unspecified atom stereocenters. The van der Waals surface area contributed by atoms with E-state index in [4.69, 9.17) is 16.3 Å². The van der Waals surface area contributed by atoms with E-state index in [0.717, 1.165) is 11.1 Å². The Morgan fingerprint density at radius 2 is 2.20 bits per heavy atom. The summed E-state index contributed by atoms with van der Waals surface area (Å²) in [5, 5.41) is 3.44. The molecule has 0 aliphatic rings. The SMILES string of the molecule is COc1cc(C)c(Cl)cc1CNC(=O)c1ccccn1. The van der Waals surface area contributed by atoms with E-state index in [9.17, 15) is 4.79 Å². The van der Waals surface area contributed by atoms with Gasteiger partial charge in [0.05, 0.1) is 7.11 Å². The number of nitrogens with one attached hydrogen (secondary N) is 1. The van der Waals surface area contributed by atoms with Gasteiger partial charge in [0.15, 0.2) is 0 Å². The molecule has 0 saturated heterocycles. The average molecular weight is 291 g/mol. The van der Waals surface area contributed by atoms with Gasteiger partial charge in [-0.3, -0.25) is 9.78 Å². The van der Waals surface area contributed by atoms with E-state index in [1.165, 1.54) is 0 Å². The Morgan fingerprint density at radius 3 is 2.85 bits per heavy atom. The van der Waals surface area contributed by atoms with Crippen LogP contribution in [0.15, 0.2) is 36.5 Å². The highest BCUT2D eigenvalue weighted by Crippen LogP contribution is 2.26. The molecule has 0 fully saturated rings. The number of benzene rings is 1. The standard InChI is InChI=1S/C15H15ClN2O2/c1-10-7-14(20-2)11(8-12(10)16)9-18-15(19)13-5-3-4-6-17-13/h3-8H,9H2,1-2H3,(H,18,19). The number of carbonyl (C=O) groups is 1. The first-order chi connectivity index (χ1) is 9.61. The molecule has 2 aromatic rings. The molecule has 1 aromatic heterocycles. The summed E-state index contributed by atoms with van der Waals surface area (Å²) in [6, 6.07) is 8.85. The number of methoxy groups -OCH3 is 1. The fraction of sp³-hybridized carbons (Fsp3) is 0.200. The fourth-order valence-corrected chi connectivity index (χ4v) is 1.97. The van der Waals surface area contributed by atoms with Crippen molar-refractivity contribution in [1.82, 2.24) is 10.3 Å². The van der Waals surface area contributed by atoms with E-state index in [2.05, 4.69) is 10.3 Å². The van der Waals surface area contributed by atoms with Crippen LogP contribution in [0.2, 0.25) is 5.02 Å². The molecule has 0 bridgehead atoms. The Hall–Kier alpha value is -2.07. The van der Waals surface area contributed by atoms with Gasteiger partial charge in [-0.05, 0) is 36.8 Å². The van der Waals surface area contributed by atoms with Gasteiger partial charge in [-0.2, -0.15) is 0 Å². The lowest BCUT2D eigenvalue weighted by Gasteiger charge is -2.11. The van der Waals surface area contributed by atoms with Crippen LogP contribution in [0.1, 0.15) is 21.6 Å². The first kappa shape index (κ1) is 14.3. The molecule has 1 heterocycles. The molecule has 1 N–H and O–H groups in total. The van der Waals surface area contributed by atoms with Gasteiger partial charge in [-0.15, -0.1) is 0 Å². The van der Waals surface area contributed by atoms with E-state index in [1.807, 2.05) is 13.0 Å². The largest absolute Gasteiger partial charge is 0.496 e. The first-order valence-corrected chi connectivity index (χ1v) is 6.52. The molecule has 1 amide bonds. The van der Waals surface area contributed by atoms with Gasteiger partial charge in [0.1, 0.15) is 11.4 Å².